The Morgan fingerprint density at radius 2 is 2.29 bits per heavy atom. The first-order valence-corrected chi connectivity index (χ1v) is 4.65. The summed E-state index contributed by atoms with van der Waals surface area (Å²) >= 11 is 0. The third kappa shape index (κ3) is 3.63. The highest BCUT2D eigenvalue weighted by molar-refractivity contribution is 5.82. The highest BCUT2D eigenvalue weighted by Crippen LogP contribution is 2.02. The standard InChI is InChI=1S/C11H18N2O/c1-5-7-10(12)11(14)13(8-6-2)9(3)4/h1,6,9-10H,2,7-8,12H2,3-4H3. The lowest BCUT2D eigenvalue weighted by Crippen LogP contribution is -2.46. The van der Waals surface area contributed by atoms with Gasteiger partial charge in [-0.25, -0.2) is 0 Å². The lowest BCUT2D eigenvalue weighted by atomic mass is 10.1. The Morgan fingerprint density at radius 3 is 2.64 bits per heavy atom. The van der Waals surface area contributed by atoms with Crippen LogP contribution in [0.25, 0.3) is 0 Å². The van der Waals surface area contributed by atoms with Crippen LogP contribution in [0.5, 0.6) is 0 Å². The van der Waals surface area contributed by atoms with Crippen LogP contribution in [0.4, 0.5) is 0 Å². The van der Waals surface area contributed by atoms with Crippen molar-refractivity contribution in [2.45, 2.75) is 32.4 Å². The summed E-state index contributed by atoms with van der Waals surface area (Å²) in [5.74, 6) is 2.27. The van der Waals surface area contributed by atoms with Gasteiger partial charge in [0.05, 0.1) is 6.04 Å². The molecule has 14 heavy (non-hydrogen) atoms. The predicted molar refractivity (Wildman–Crippen MR) is 58.5 cm³/mol. The molecule has 1 unspecified atom stereocenters. The molecule has 0 aliphatic heterocycles. The van der Waals surface area contributed by atoms with Crippen molar-refractivity contribution >= 4 is 5.91 Å². The predicted octanol–water partition coefficient (Wildman–Crippen LogP) is 0.760. The molecule has 1 amide bonds. The molecule has 0 saturated heterocycles. The third-order valence-corrected chi connectivity index (χ3v) is 1.89. The largest absolute Gasteiger partial charge is 0.335 e. The number of hydrogen-bond donors (Lipinski definition) is 1. The fourth-order valence-electron chi connectivity index (χ4n) is 1.12. The Hall–Kier alpha value is -1.27. The van der Waals surface area contributed by atoms with Crippen LogP contribution < -0.4 is 5.73 Å². The molecular formula is C11H18N2O. The summed E-state index contributed by atoms with van der Waals surface area (Å²) in [6, 6.07) is -0.480. The molecule has 0 bridgehead atoms. The molecule has 0 aromatic carbocycles. The molecule has 0 aromatic heterocycles. The molecule has 0 aliphatic rings. The lowest BCUT2D eigenvalue weighted by molar-refractivity contribution is -0.133. The highest BCUT2D eigenvalue weighted by Gasteiger charge is 2.21. The molecule has 2 N–H and O–H groups in total. The van der Waals surface area contributed by atoms with Gasteiger partial charge in [0.15, 0.2) is 0 Å². The third-order valence-electron chi connectivity index (χ3n) is 1.89. The number of hydrogen-bond acceptors (Lipinski definition) is 2. The van der Waals surface area contributed by atoms with Crippen LogP contribution in [0.3, 0.4) is 0 Å². The van der Waals surface area contributed by atoms with E-state index in [9.17, 15) is 4.79 Å². The minimum atomic E-state index is -0.595. The maximum absolute atomic E-state index is 11.7. The molecule has 1 atom stereocenters. The maximum Gasteiger partial charge on any atom is 0.240 e. The molecule has 0 aliphatic carbocycles. The van der Waals surface area contributed by atoms with Gasteiger partial charge in [0.2, 0.25) is 5.91 Å². The quantitative estimate of drug-likeness (QED) is 0.519. The number of carbonyl (C=O) groups is 1. The van der Waals surface area contributed by atoms with Gasteiger partial charge in [-0.1, -0.05) is 6.08 Å². The second-order valence-corrected chi connectivity index (χ2v) is 3.39. The van der Waals surface area contributed by atoms with Crippen LogP contribution in [-0.4, -0.2) is 29.4 Å². The summed E-state index contributed by atoms with van der Waals surface area (Å²) in [7, 11) is 0. The van der Waals surface area contributed by atoms with Crippen LogP contribution in [0.15, 0.2) is 12.7 Å². The Labute approximate surface area is 86.0 Å². The topological polar surface area (TPSA) is 46.3 Å². The van der Waals surface area contributed by atoms with E-state index in [4.69, 9.17) is 12.2 Å². The summed E-state index contributed by atoms with van der Waals surface area (Å²) < 4.78 is 0. The Bertz CT molecular complexity index is 240. The van der Waals surface area contributed by atoms with Crippen molar-refractivity contribution in [3.05, 3.63) is 12.7 Å². The van der Waals surface area contributed by atoms with Gasteiger partial charge >= 0.3 is 0 Å². The van der Waals surface area contributed by atoms with Gasteiger partial charge in [-0.2, -0.15) is 0 Å². The number of nitrogens with zero attached hydrogens (tertiary/aromatic N) is 1. The number of nitrogens with two attached hydrogens (primary N) is 1. The van der Waals surface area contributed by atoms with Gasteiger partial charge in [-0.3, -0.25) is 4.79 Å². The van der Waals surface area contributed by atoms with Crippen molar-refractivity contribution in [3.63, 3.8) is 0 Å². The molecule has 0 saturated carbocycles. The van der Waals surface area contributed by atoms with E-state index in [-0.39, 0.29) is 18.4 Å². The van der Waals surface area contributed by atoms with E-state index in [0.29, 0.717) is 6.54 Å². The smallest absolute Gasteiger partial charge is 0.240 e. The normalized spacial score (nSPS) is 11.9. The lowest BCUT2D eigenvalue weighted by Gasteiger charge is -2.27. The zero-order valence-corrected chi connectivity index (χ0v) is 8.86. The van der Waals surface area contributed by atoms with Crippen molar-refractivity contribution in [2.75, 3.05) is 6.54 Å². The number of rotatable bonds is 5. The first kappa shape index (κ1) is 12.7. The van der Waals surface area contributed by atoms with Crippen LogP contribution >= 0.6 is 0 Å². The highest BCUT2D eigenvalue weighted by atomic mass is 16.2. The molecule has 78 valence electrons. The molecule has 0 rings (SSSR count). The van der Waals surface area contributed by atoms with Crippen molar-refractivity contribution in [1.82, 2.24) is 4.90 Å². The van der Waals surface area contributed by atoms with Crippen LogP contribution in [0, 0.1) is 12.3 Å². The first-order valence-electron chi connectivity index (χ1n) is 4.65. The number of terminal acetylenes is 1. The van der Waals surface area contributed by atoms with Crippen LogP contribution in [0.2, 0.25) is 0 Å². The molecule has 3 heteroatoms. The second-order valence-electron chi connectivity index (χ2n) is 3.39. The summed E-state index contributed by atoms with van der Waals surface area (Å²) in [5, 5.41) is 0. The minimum Gasteiger partial charge on any atom is -0.335 e. The molecule has 0 fully saturated rings. The average molecular weight is 194 g/mol. The fraction of sp³-hybridized carbons (Fsp3) is 0.545. The molecule has 0 spiro atoms. The fourth-order valence-corrected chi connectivity index (χ4v) is 1.12. The number of carbonyl (C=O) groups excluding carboxylic acids is 1. The van der Waals surface area contributed by atoms with E-state index >= 15 is 0 Å². The Balaban J connectivity index is 4.43. The van der Waals surface area contributed by atoms with Crippen molar-refractivity contribution in [2.24, 2.45) is 5.73 Å². The Kier molecular flexibility index (Phi) is 5.66. The Morgan fingerprint density at radius 1 is 1.71 bits per heavy atom. The first-order chi connectivity index (χ1) is 6.54. The van der Waals surface area contributed by atoms with Crippen molar-refractivity contribution in [1.29, 1.82) is 0 Å². The average Bonchev–Trinajstić information content (AvgIpc) is 2.13. The summed E-state index contributed by atoms with van der Waals surface area (Å²) in [4.78, 5) is 13.4. The van der Waals surface area contributed by atoms with Gasteiger partial charge in [0, 0.05) is 19.0 Å². The monoisotopic (exact) mass is 194 g/mol. The van der Waals surface area contributed by atoms with Crippen LogP contribution in [0.1, 0.15) is 20.3 Å². The number of amides is 1. The summed E-state index contributed by atoms with van der Waals surface area (Å²) in [6.07, 6.45) is 7.05. The van der Waals surface area contributed by atoms with E-state index in [1.165, 1.54) is 0 Å². The molecule has 0 heterocycles. The molecule has 0 radical (unpaired) electrons. The van der Waals surface area contributed by atoms with E-state index in [2.05, 4.69) is 12.5 Å². The van der Waals surface area contributed by atoms with Gasteiger partial charge < -0.3 is 10.6 Å². The molecular weight excluding hydrogens is 176 g/mol. The summed E-state index contributed by atoms with van der Waals surface area (Å²) in [6.45, 7) is 7.97. The zero-order valence-electron chi connectivity index (χ0n) is 8.86. The zero-order chi connectivity index (χ0) is 11.1. The second kappa shape index (κ2) is 6.22. The van der Waals surface area contributed by atoms with Crippen molar-refractivity contribution in [3.8, 4) is 12.3 Å². The van der Waals surface area contributed by atoms with Gasteiger partial charge in [-0.05, 0) is 13.8 Å². The maximum atomic E-state index is 11.7. The molecule has 3 nitrogen and oxygen atoms in total. The van der Waals surface area contributed by atoms with Gasteiger partial charge in [0.1, 0.15) is 0 Å². The van der Waals surface area contributed by atoms with E-state index in [0.717, 1.165) is 0 Å². The van der Waals surface area contributed by atoms with E-state index in [1.807, 2.05) is 13.8 Å². The van der Waals surface area contributed by atoms with E-state index < -0.39 is 6.04 Å². The summed E-state index contributed by atoms with van der Waals surface area (Å²) in [5.41, 5.74) is 5.63. The van der Waals surface area contributed by atoms with Crippen LogP contribution in [-0.2, 0) is 4.79 Å². The minimum absolute atomic E-state index is 0.113. The van der Waals surface area contributed by atoms with Gasteiger partial charge in [0.25, 0.3) is 0 Å². The SMILES string of the molecule is C#CCC(N)C(=O)N(CC=C)C(C)C. The molecule has 0 aromatic rings. The van der Waals surface area contributed by atoms with Crippen molar-refractivity contribution < 1.29 is 4.79 Å². The van der Waals surface area contributed by atoms with E-state index in [1.54, 1.807) is 11.0 Å². The van der Waals surface area contributed by atoms with Gasteiger partial charge in [-0.15, -0.1) is 18.9 Å².